The second-order valence-electron chi connectivity index (χ2n) is 12.6. The van der Waals surface area contributed by atoms with Crippen LogP contribution in [0.25, 0.3) is 0 Å². The maximum Gasteiger partial charge on any atom is 0.338 e. The van der Waals surface area contributed by atoms with Crippen LogP contribution < -0.4 is 0 Å². The molecule has 1 atom stereocenters. The van der Waals surface area contributed by atoms with Crippen molar-refractivity contribution < 1.29 is 28.6 Å². The summed E-state index contributed by atoms with van der Waals surface area (Å²) in [5.74, 6) is -1.56. The molecule has 0 aliphatic rings. The summed E-state index contributed by atoms with van der Waals surface area (Å²) in [7, 11) is 0. The Hall–Kier alpha value is -3.93. The minimum atomic E-state index is -0.960. The topological polar surface area (TPSA) is 78.9 Å². The lowest BCUT2D eigenvalue weighted by molar-refractivity contribution is -0.144. The lowest BCUT2D eigenvalue weighted by Gasteiger charge is -2.31. The average molecular weight is 575 g/mol. The first-order chi connectivity index (χ1) is 19.6. The number of carbonyl (C=O) groups is 3. The summed E-state index contributed by atoms with van der Waals surface area (Å²) in [6.45, 7) is 19.8. The predicted octanol–water partition coefficient (Wildman–Crippen LogP) is 8.04. The van der Waals surface area contributed by atoms with Crippen LogP contribution in [0, 0.1) is 10.8 Å². The number of allylic oxidation sites excluding steroid dienone is 3. The Morgan fingerprint density at radius 3 is 1.69 bits per heavy atom. The molecule has 0 saturated heterocycles. The van der Waals surface area contributed by atoms with Crippen molar-refractivity contribution in [3.63, 3.8) is 0 Å². The molecule has 2 rings (SSSR count). The Labute approximate surface area is 251 Å². The SMILES string of the molecule is C=C(/C=C\C(=C/C)C(=O)OCC(CC)(COC(=O)c1ccccc1)COC(=O)c1ccc(C(C)(C)C)cc1)C(C)(C)C. The molecule has 226 valence electrons. The Balaban J connectivity index is 2.22. The Kier molecular flexibility index (Phi) is 12.1. The fourth-order valence-corrected chi connectivity index (χ4v) is 3.74. The molecule has 0 aliphatic heterocycles. The number of rotatable bonds is 12. The van der Waals surface area contributed by atoms with Crippen LogP contribution in [0.5, 0.6) is 0 Å². The molecule has 0 N–H and O–H groups in total. The molecule has 2 aromatic rings. The maximum absolute atomic E-state index is 13.0. The van der Waals surface area contributed by atoms with Gasteiger partial charge in [-0.1, -0.05) is 97.5 Å². The van der Waals surface area contributed by atoms with E-state index < -0.39 is 23.3 Å². The van der Waals surface area contributed by atoms with E-state index in [1.165, 1.54) is 0 Å². The van der Waals surface area contributed by atoms with Crippen LogP contribution in [-0.2, 0) is 24.4 Å². The number of carbonyl (C=O) groups excluding carboxylic acids is 3. The van der Waals surface area contributed by atoms with Gasteiger partial charge in [0.1, 0.15) is 19.8 Å². The lowest BCUT2D eigenvalue weighted by atomic mass is 9.86. The molecule has 0 heterocycles. The highest BCUT2D eigenvalue weighted by atomic mass is 16.6. The van der Waals surface area contributed by atoms with Gasteiger partial charge >= 0.3 is 17.9 Å². The van der Waals surface area contributed by atoms with Gasteiger partial charge in [0, 0.05) is 0 Å². The molecule has 0 fully saturated rings. The summed E-state index contributed by atoms with van der Waals surface area (Å²) in [5, 5.41) is 0. The van der Waals surface area contributed by atoms with Crippen LogP contribution >= 0.6 is 0 Å². The monoisotopic (exact) mass is 574 g/mol. The molecule has 6 nitrogen and oxygen atoms in total. The van der Waals surface area contributed by atoms with E-state index in [2.05, 4.69) is 27.4 Å². The van der Waals surface area contributed by atoms with Crippen LogP contribution in [0.4, 0.5) is 0 Å². The minimum Gasteiger partial charge on any atom is -0.461 e. The fraction of sp³-hybridized carbons (Fsp3) is 0.417. The highest BCUT2D eigenvalue weighted by Gasteiger charge is 2.35. The third-order valence-corrected chi connectivity index (χ3v) is 7.25. The number of esters is 3. The predicted molar refractivity (Wildman–Crippen MR) is 167 cm³/mol. The first-order valence-corrected chi connectivity index (χ1v) is 14.3. The molecule has 0 saturated carbocycles. The summed E-state index contributed by atoms with van der Waals surface area (Å²) in [6, 6.07) is 15.9. The lowest BCUT2D eigenvalue weighted by Crippen LogP contribution is -2.39. The zero-order valence-corrected chi connectivity index (χ0v) is 26.4. The van der Waals surface area contributed by atoms with Crippen molar-refractivity contribution in [3.05, 3.63) is 107 Å². The molecule has 0 spiro atoms. The summed E-state index contributed by atoms with van der Waals surface area (Å²) in [4.78, 5) is 38.8. The van der Waals surface area contributed by atoms with Crippen LogP contribution in [0.15, 0.2) is 90.6 Å². The van der Waals surface area contributed by atoms with Gasteiger partial charge in [-0.3, -0.25) is 0 Å². The van der Waals surface area contributed by atoms with E-state index in [-0.39, 0.29) is 30.7 Å². The molecule has 0 aliphatic carbocycles. The smallest absolute Gasteiger partial charge is 0.338 e. The van der Waals surface area contributed by atoms with Gasteiger partial charge in [0.05, 0.1) is 22.1 Å². The third kappa shape index (κ3) is 10.2. The highest BCUT2D eigenvalue weighted by molar-refractivity contribution is 5.92. The van der Waals surface area contributed by atoms with E-state index >= 15 is 0 Å². The first-order valence-electron chi connectivity index (χ1n) is 14.3. The quantitative estimate of drug-likeness (QED) is 0.110. The second-order valence-corrected chi connectivity index (χ2v) is 12.6. The fourth-order valence-electron chi connectivity index (χ4n) is 3.74. The maximum atomic E-state index is 13.0. The van der Waals surface area contributed by atoms with E-state index in [4.69, 9.17) is 14.2 Å². The normalized spacial score (nSPS) is 13.8. The van der Waals surface area contributed by atoms with Gasteiger partial charge in [0.25, 0.3) is 0 Å². The van der Waals surface area contributed by atoms with Gasteiger partial charge in [0.15, 0.2) is 0 Å². The van der Waals surface area contributed by atoms with Crippen LogP contribution in [-0.4, -0.2) is 37.7 Å². The van der Waals surface area contributed by atoms with Crippen molar-refractivity contribution in [3.8, 4) is 0 Å². The molecule has 0 amide bonds. The summed E-state index contributed by atoms with van der Waals surface area (Å²) in [6.07, 6.45) is 5.57. The molecule has 0 radical (unpaired) electrons. The average Bonchev–Trinajstić information content (AvgIpc) is 2.96. The van der Waals surface area contributed by atoms with E-state index in [1.807, 2.05) is 45.9 Å². The van der Waals surface area contributed by atoms with E-state index in [9.17, 15) is 14.4 Å². The van der Waals surface area contributed by atoms with Gasteiger partial charge in [-0.05, 0) is 65.7 Å². The molecule has 1 unspecified atom stereocenters. The molecule has 6 heteroatoms. The number of benzene rings is 2. The van der Waals surface area contributed by atoms with Gasteiger partial charge < -0.3 is 14.2 Å². The van der Waals surface area contributed by atoms with Crippen molar-refractivity contribution in [2.45, 2.75) is 67.2 Å². The molecule has 0 bridgehead atoms. The molecule has 0 aromatic heterocycles. The van der Waals surface area contributed by atoms with Crippen LogP contribution in [0.3, 0.4) is 0 Å². The van der Waals surface area contributed by atoms with Crippen molar-refractivity contribution in [1.29, 1.82) is 0 Å². The van der Waals surface area contributed by atoms with Gasteiger partial charge in [0.2, 0.25) is 0 Å². The van der Waals surface area contributed by atoms with Crippen molar-refractivity contribution in [2.75, 3.05) is 19.8 Å². The number of hydrogen-bond acceptors (Lipinski definition) is 6. The highest BCUT2D eigenvalue weighted by Crippen LogP contribution is 2.28. The zero-order chi connectivity index (χ0) is 31.6. The summed E-state index contributed by atoms with van der Waals surface area (Å²) in [5.41, 5.74) is 1.99. The second kappa shape index (κ2) is 14.8. The molecule has 2 aromatic carbocycles. The molecular formula is C36H46O6. The molecule has 42 heavy (non-hydrogen) atoms. The Morgan fingerprint density at radius 2 is 1.24 bits per heavy atom. The number of hydrogen-bond donors (Lipinski definition) is 0. The van der Waals surface area contributed by atoms with Gasteiger partial charge in [-0.2, -0.15) is 0 Å². The first kappa shape index (κ1) is 34.3. The zero-order valence-electron chi connectivity index (χ0n) is 26.4. The van der Waals surface area contributed by atoms with Crippen molar-refractivity contribution >= 4 is 17.9 Å². The summed E-state index contributed by atoms with van der Waals surface area (Å²) < 4.78 is 17.1. The Bertz CT molecular complexity index is 1290. The van der Waals surface area contributed by atoms with E-state index in [0.29, 0.717) is 23.1 Å². The third-order valence-electron chi connectivity index (χ3n) is 7.25. The summed E-state index contributed by atoms with van der Waals surface area (Å²) >= 11 is 0. The molecular weight excluding hydrogens is 528 g/mol. The van der Waals surface area contributed by atoms with E-state index in [1.54, 1.807) is 61.5 Å². The van der Waals surface area contributed by atoms with Crippen LogP contribution in [0.2, 0.25) is 0 Å². The Morgan fingerprint density at radius 1 is 0.738 bits per heavy atom. The van der Waals surface area contributed by atoms with E-state index in [0.717, 1.165) is 11.1 Å². The number of ether oxygens (including phenoxy) is 3. The van der Waals surface area contributed by atoms with Crippen LogP contribution in [0.1, 0.15) is 88.1 Å². The van der Waals surface area contributed by atoms with Crippen molar-refractivity contribution in [2.24, 2.45) is 10.8 Å². The largest absolute Gasteiger partial charge is 0.461 e. The van der Waals surface area contributed by atoms with Crippen molar-refractivity contribution in [1.82, 2.24) is 0 Å². The standard InChI is InChI=1S/C36H46O6/c1-10-27(18-17-26(3)34(4,5)6)31(37)40-23-36(11-2,24-41-32(38)28-15-13-12-14-16-28)25-42-33(39)29-19-21-30(22-20-29)35(7,8)9/h10,12-22H,3,11,23-25H2,1-2,4-9H3/b18-17-,27-10+. The van der Waals surface area contributed by atoms with Gasteiger partial charge in [-0.25, -0.2) is 14.4 Å². The minimum absolute atomic E-state index is 0.0483. The van der Waals surface area contributed by atoms with Gasteiger partial charge in [-0.15, -0.1) is 0 Å².